The third-order valence-corrected chi connectivity index (χ3v) is 3.77. The number of Topliss-reactive ketones (excluding diaryl/α,β-unsaturated/α-hetero) is 1. The van der Waals surface area contributed by atoms with Crippen LogP contribution in [0, 0.1) is 0 Å². The van der Waals surface area contributed by atoms with Crippen molar-refractivity contribution in [3.63, 3.8) is 0 Å². The van der Waals surface area contributed by atoms with Crippen molar-refractivity contribution in [3.8, 4) is 0 Å². The van der Waals surface area contributed by atoms with E-state index in [0.29, 0.717) is 19.2 Å². The molecular formula is C16H23NO2. The van der Waals surface area contributed by atoms with E-state index >= 15 is 0 Å². The van der Waals surface area contributed by atoms with Crippen molar-refractivity contribution in [1.82, 2.24) is 4.90 Å². The van der Waals surface area contributed by atoms with E-state index in [1.807, 2.05) is 24.3 Å². The van der Waals surface area contributed by atoms with E-state index in [9.17, 15) is 4.79 Å². The smallest absolute Gasteiger partial charge is 0.192 e. The van der Waals surface area contributed by atoms with Crippen molar-refractivity contribution in [1.29, 1.82) is 0 Å². The van der Waals surface area contributed by atoms with Crippen LogP contribution in [0.2, 0.25) is 0 Å². The zero-order chi connectivity index (χ0) is 13.8. The summed E-state index contributed by atoms with van der Waals surface area (Å²) >= 11 is 0. The predicted octanol–water partition coefficient (Wildman–Crippen LogP) is 2.54. The molecule has 0 aromatic heterocycles. The first-order chi connectivity index (χ1) is 9.11. The van der Waals surface area contributed by atoms with Crippen molar-refractivity contribution in [2.45, 2.75) is 39.3 Å². The minimum Gasteiger partial charge on any atom is -0.367 e. The van der Waals surface area contributed by atoms with Gasteiger partial charge in [-0.25, -0.2) is 0 Å². The monoisotopic (exact) mass is 261 g/mol. The molecule has 1 fully saturated rings. The second-order valence-corrected chi connectivity index (χ2v) is 5.36. The van der Waals surface area contributed by atoms with Gasteiger partial charge in [-0.15, -0.1) is 0 Å². The second kappa shape index (κ2) is 6.31. The van der Waals surface area contributed by atoms with Crippen LogP contribution in [0.1, 0.15) is 36.7 Å². The number of nitrogens with zero attached hydrogens (tertiary/aromatic N) is 1. The molecule has 1 aromatic carbocycles. The fourth-order valence-corrected chi connectivity index (χ4v) is 2.39. The maximum absolute atomic E-state index is 12.4. The maximum Gasteiger partial charge on any atom is 0.192 e. The molecule has 104 valence electrons. The molecule has 1 saturated heterocycles. The highest BCUT2D eigenvalue weighted by Gasteiger charge is 2.28. The van der Waals surface area contributed by atoms with Gasteiger partial charge in [-0.2, -0.15) is 0 Å². The number of carbonyl (C=O) groups excluding carboxylic acids is 1. The molecule has 0 aliphatic carbocycles. The van der Waals surface area contributed by atoms with Gasteiger partial charge >= 0.3 is 0 Å². The van der Waals surface area contributed by atoms with Gasteiger partial charge in [-0.05, 0) is 25.8 Å². The number of hydrogen-bond donors (Lipinski definition) is 0. The minimum atomic E-state index is -0.316. The van der Waals surface area contributed by atoms with Crippen molar-refractivity contribution in [2.75, 3.05) is 19.7 Å². The Morgan fingerprint density at radius 1 is 1.37 bits per heavy atom. The fraction of sp³-hybridized carbons (Fsp3) is 0.562. The molecule has 0 spiro atoms. The van der Waals surface area contributed by atoms with Crippen LogP contribution in [0.5, 0.6) is 0 Å². The van der Waals surface area contributed by atoms with Crippen LogP contribution >= 0.6 is 0 Å². The molecule has 1 aliphatic rings. The van der Waals surface area contributed by atoms with Crippen LogP contribution in [-0.4, -0.2) is 42.5 Å². The van der Waals surface area contributed by atoms with Crippen LogP contribution < -0.4 is 0 Å². The van der Waals surface area contributed by atoms with Crippen molar-refractivity contribution in [2.24, 2.45) is 0 Å². The summed E-state index contributed by atoms with van der Waals surface area (Å²) in [5.41, 5.74) is 2.01. The zero-order valence-electron chi connectivity index (χ0n) is 12.1. The number of morpholine rings is 1. The van der Waals surface area contributed by atoms with Crippen molar-refractivity contribution >= 4 is 5.78 Å². The molecule has 1 atom stereocenters. The number of hydrogen-bond acceptors (Lipinski definition) is 3. The molecule has 3 nitrogen and oxygen atoms in total. The lowest BCUT2D eigenvalue weighted by atomic mass is 10.0. The number of rotatable bonds is 4. The Balaban J connectivity index is 2.05. The SMILES string of the molecule is CCc1ccc(C(=O)C2CN(C(C)C)CCO2)cc1. The Bertz CT molecular complexity index is 425. The van der Waals surface area contributed by atoms with Gasteiger partial charge in [0.1, 0.15) is 6.10 Å². The van der Waals surface area contributed by atoms with E-state index in [1.54, 1.807) is 0 Å². The average Bonchev–Trinajstić information content (AvgIpc) is 2.46. The molecule has 1 unspecified atom stereocenters. The summed E-state index contributed by atoms with van der Waals surface area (Å²) < 4.78 is 5.64. The van der Waals surface area contributed by atoms with Gasteiger partial charge in [-0.1, -0.05) is 31.2 Å². The molecule has 0 N–H and O–H groups in total. The van der Waals surface area contributed by atoms with Crippen LogP contribution in [0.15, 0.2) is 24.3 Å². The van der Waals surface area contributed by atoms with Gasteiger partial charge in [0.05, 0.1) is 6.61 Å². The highest BCUT2D eigenvalue weighted by molar-refractivity contribution is 5.99. The predicted molar refractivity (Wildman–Crippen MR) is 76.6 cm³/mol. The first-order valence-corrected chi connectivity index (χ1v) is 7.10. The standard InChI is InChI=1S/C16H23NO2/c1-4-13-5-7-14(8-6-13)16(18)15-11-17(12(2)3)9-10-19-15/h5-8,12,15H,4,9-11H2,1-3H3. The molecule has 0 saturated carbocycles. The third-order valence-electron chi connectivity index (χ3n) is 3.77. The molecule has 1 heterocycles. The van der Waals surface area contributed by atoms with Crippen LogP contribution in [0.4, 0.5) is 0 Å². The van der Waals surface area contributed by atoms with Gasteiger partial charge < -0.3 is 4.74 Å². The Morgan fingerprint density at radius 2 is 2.05 bits per heavy atom. The highest BCUT2D eigenvalue weighted by atomic mass is 16.5. The lowest BCUT2D eigenvalue weighted by molar-refractivity contribution is -0.0256. The van der Waals surface area contributed by atoms with E-state index in [0.717, 1.165) is 18.5 Å². The number of ether oxygens (including phenoxy) is 1. The molecule has 0 bridgehead atoms. The number of aryl methyl sites for hydroxylation is 1. The molecule has 19 heavy (non-hydrogen) atoms. The van der Waals surface area contributed by atoms with E-state index in [4.69, 9.17) is 4.74 Å². The molecule has 3 heteroatoms. The van der Waals surface area contributed by atoms with Crippen LogP contribution in [0.3, 0.4) is 0 Å². The van der Waals surface area contributed by atoms with Crippen molar-refractivity contribution in [3.05, 3.63) is 35.4 Å². The largest absolute Gasteiger partial charge is 0.367 e. The lowest BCUT2D eigenvalue weighted by Gasteiger charge is -2.34. The summed E-state index contributed by atoms with van der Waals surface area (Å²) in [5, 5.41) is 0. The van der Waals surface area contributed by atoms with E-state index in [-0.39, 0.29) is 11.9 Å². The molecule has 1 aromatic rings. The Morgan fingerprint density at radius 3 is 2.63 bits per heavy atom. The van der Waals surface area contributed by atoms with Gasteiger partial charge in [0.2, 0.25) is 0 Å². The zero-order valence-corrected chi connectivity index (χ0v) is 12.1. The summed E-state index contributed by atoms with van der Waals surface area (Å²) in [6.07, 6.45) is 0.679. The quantitative estimate of drug-likeness (QED) is 0.780. The Hall–Kier alpha value is -1.19. The van der Waals surface area contributed by atoms with Gasteiger partial charge in [0, 0.05) is 24.7 Å². The van der Waals surface area contributed by atoms with E-state index in [1.165, 1.54) is 5.56 Å². The van der Waals surface area contributed by atoms with Gasteiger partial charge in [0.15, 0.2) is 5.78 Å². The minimum absolute atomic E-state index is 0.105. The summed E-state index contributed by atoms with van der Waals surface area (Å²) in [6.45, 7) is 8.68. The lowest BCUT2D eigenvalue weighted by Crippen LogP contribution is -2.48. The van der Waals surface area contributed by atoms with E-state index < -0.39 is 0 Å². The second-order valence-electron chi connectivity index (χ2n) is 5.36. The molecule has 2 rings (SSSR count). The van der Waals surface area contributed by atoms with E-state index in [2.05, 4.69) is 25.7 Å². The molecule has 0 amide bonds. The summed E-state index contributed by atoms with van der Waals surface area (Å²) in [7, 11) is 0. The van der Waals surface area contributed by atoms with Crippen LogP contribution in [0.25, 0.3) is 0 Å². The van der Waals surface area contributed by atoms with Gasteiger partial charge in [0.25, 0.3) is 0 Å². The fourth-order valence-electron chi connectivity index (χ4n) is 2.39. The number of carbonyl (C=O) groups is 1. The molecular weight excluding hydrogens is 238 g/mol. The first kappa shape index (κ1) is 14.2. The maximum atomic E-state index is 12.4. The topological polar surface area (TPSA) is 29.5 Å². The summed E-state index contributed by atoms with van der Waals surface area (Å²) in [4.78, 5) is 14.7. The summed E-state index contributed by atoms with van der Waals surface area (Å²) in [5.74, 6) is 0.105. The average molecular weight is 261 g/mol. The van der Waals surface area contributed by atoms with Gasteiger partial charge in [-0.3, -0.25) is 9.69 Å². The Labute approximate surface area is 115 Å². The van der Waals surface area contributed by atoms with Crippen LogP contribution in [-0.2, 0) is 11.2 Å². The third kappa shape index (κ3) is 3.43. The molecule has 1 aliphatic heterocycles. The highest BCUT2D eigenvalue weighted by Crippen LogP contribution is 2.14. The van der Waals surface area contributed by atoms with Crippen molar-refractivity contribution < 1.29 is 9.53 Å². The number of benzene rings is 1. The molecule has 0 radical (unpaired) electrons. The normalized spacial score (nSPS) is 20.7. The Kier molecular flexibility index (Phi) is 4.72. The first-order valence-electron chi connectivity index (χ1n) is 7.10. The summed E-state index contributed by atoms with van der Waals surface area (Å²) in [6, 6.07) is 8.34. The number of ketones is 1.